The maximum Gasteiger partial charge on any atom is 0.317 e. The lowest BCUT2D eigenvalue weighted by Crippen LogP contribution is -2.48. The Kier molecular flexibility index (Phi) is 5.38. The Morgan fingerprint density at radius 2 is 1.96 bits per heavy atom. The number of benzene rings is 1. The second kappa shape index (κ2) is 7.69. The van der Waals surface area contributed by atoms with E-state index in [9.17, 15) is 9.59 Å². The molecule has 0 aromatic heterocycles. The monoisotopic (exact) mass is 329 g/mol. The van der Waals surface area contributed by atoms with Crippen molar-refractivity contribution in [2.75, 3.05) is 19.6 Å². The van der Waals surface area contributed by atoms with Crippen molar-refractivity contribution in [3.05, 3.63) is 35.9 Å². The van der Waals surface area contributed by atoms with Crippen molar-refractivity contribution in [3.63, 3.8) is 0 Å². The maximum absolute atomic E-state index is 12.7. The number of nitrogens with zero attached hydrogens (tertiary/aromatic N) is 2. The highest BCUT2D eigenvalue weighted by molar-refractivity contribution is 5.77. The summed E-state index contributed by atoms with van der Waals surface area (Å²) in [4.78, 5) is 28.3. The molecule has 2 heterocycles. The van der Waals surface area contributed by atoms with Crippen LogP contribution in [0, 0.1) is 0 Å². The van der Waals surface area contributed by atoms with Crippen LogP contribution in [0.5, 0.6) is 0 Å². The zero-order chi connectivity index (χ0) is 16.9. The van der Waals surface area contributed by atoms with E-state index in [0.717, 1.165) is 38.8 Å². The maximum atomic E-state index is 12.7. The Hall–Kier alpha value is -2.04. The number of carbonyl (C=O) groups is 2. The van der Waals surface area contributed by atoms with Crippen LogP contribution in [-0.2, 0) is 11.2 Å². The quantitative estimate of drug-likeness (QED) is 0.922. The van der Waals surface area contributed by atoms with Gasteiger partial charge in [0.05, 0.1) is 0 Å². The lowest BCUT2D eigenvalue weighted by Gasteiger charge is -2.27. The van der Waals surface area contributed by atoms with Gasteiger partial charge < -0.3 is 15.1 Å². The van der Waals surface area contributed by atoms with E-state index in [1.807, 2.05) is 34.9 Å². The van der Waals surface area contributed by atoms with Gasteiger partial charge >= 0.3 is 6.03 Å². The van der Waals surface area contributed by atoms with Gasteiger partial charge in [0.1, 0.15) is 0 Å². The minimum atomic E-state index is 0.0317. The van der Waals surface area contributed by atoms with Crippen molar-refractivity contribution < 1.29 is 9.59 Å². The Morgan fingerprint density at radius 3 is 2.71 bits per heavy atom. The van der Waals surface area contributed by atoms with E-state index >= 15 is 0 Å². The topological polar surface area (TPSA) is 52.7 Å². The van der Waals surface area contributed by atoms with Crippen LogP contribution in [0.3, 0.4) is 0 Å². The normalized spacial score (nSPS) is 23.5. The molecule has 0 spiro atoms. The predicted octanol–water partition coefficient (Wildman–Crippen LogP) is 2.41. The number of carbonyl (C=O) groups excluding carboxylic acids is 2. The number of amides is 3. The minimum Gasteiger partial charge on any atom is -0.341 e. The molecule has 130 valence electrons. The standard InChI is InChI=1S/C19H27N3O2/c1-2-18(23)21-12-10-16(14-21)20-19(24)22-11-6-9-17(22)13-15-7-4-3-5-8-15/h3-5,7-8,16-17H,2,6,9-14H2,1H3,(H,20,24). The lowest BCUT2D eigenvalue weighted by molar-refractivity contribution is -0.129. The molecule has 1 aromatic rings. The highest BCUT2D eigenvalue weighted by Crippen LogP contribution is 2.22. The largest absolute Gasteiger partial charge is 0.341 e. The molecule has 2 saturated heterocycles. The first-order valence-electron chi connectivity index (χ1n) is 9.06. The minimum absolute atomic E-state index is 0.0317. The third-order valence-electron chi connectivity index (χ3n) is 5.12. The van der Waals surface area contributed by atoms with E-state index in [1.54, 1.807) is 0 Å². The fourth-order valence-corrected chi connectivity index (χ4v) is 3.79. The molecule has 1 N–H and O–H groups in total. The summed E-state index contributed by atoms with van der Waals surface area (Å²) in [5.74, 6) is 0.176. The molecule has 0 aliphatic carbocycles. The molecular weight excluding hydrogens is 302 g/mol. The summed E-state index contributed by atoms with van der Waals surface area (Å²) in [6.07, 6.45) is 4.43. The van der Waals surface area contributed by atoms with Crippen LogP contribution in [0.1, 0.15) is 38.2 Å². The van der Waals surface area contributed by atoms with E-state index in [1.165, 1.54) is 5.56 Å². The van der Waals surface area contributed by atoms with Crippen LogP contribution in [-0.4, -0.2) is 53.5 Å². The van der Waals surface area contributed by atoms with E-state index in [4.69, 9.17) is 0 Å². The summed E-state index contributed by atoms with van der Waals surface area (Å²) in [5.41, 5.74) is 1.28. The molecule has 0 radical (unpaired) electrons. The average Bonchev–Trinajstić information content (AvgIpc) is 3.24. The van der Waals surface area contributed by atoms with Gasteiger partial charge in [-0.15, -0.1) is 0 Å². The first-order chi connectivity index (χ1) is 11.7. The Labute approximate surface area is 144 Å². The van der Waals surface area contributed by atoms with Crippen LogP contribution in [0.25, 0.3) is 0 Å². The van der Waals surface area contributed by atoms with Crippen LogP contribution in [0.4, 0.5) is 4.79 Å². The number of nitrogens with one attached hydrogen (secondary N) is 1. The van der Waals surface area contributed by atoms with E-state index in [2.05, 4.69) is 17.4 Å². The average molecular weight is 329 g/mol. The second-order valence-electron chi connectivity index (χ2n) is 6.81. The molecule has 1 aromatic carbocycles. The molecule has 2 aliphatic rings. The first kappa shape index (κ1) is 16.8. The molecule has 2 aliphatic heterocycles. The van der Waals surface area contributed by atoms with Crippen molar-refractivity contribution in [3.8, 4) is 0 Å². The molecular formula is C19H27N3O2. The molecule has 24 heavy (non-hydrogen) atoms. The van der Waals surface area contributed by atoms with Crippen molar-refractivity contribution in [2.24, 2.45) is 0 Å². The van der Waals surface area contributed by atoms with Gasteiger partial charge in [-0.3, -0.25) is 4.79 Å². The molecule has 0 bridgehead atoms. The molecule has 5 nitrogen and oxygen atoms in total. The molecule has 2 unspecified atom stereocenters. The van der Waals surface area contributed by atoms with Crippen LogP contribution in [0.2, 0.25) is 0 Å². The molecule has 0 saturated carbocycles. The Morgan fingerprint density at radius 1 is 1.17 bits per heavy atom. The molecule has 2 fully saturated rings. The fourth-order valence-electron chi connectivity index (χ4n) is 3.79. The van der Waals surface area contributed by atoms with E-state index < -0.39 is 0 Å². The van der Waals surface area contributed by atoms with Crippen molar-refractivity contribution in [1.29, 1.82) is 0 Å². The number of hydrogen-bond donors (Lipinski definition) is 1. The molecule has 2 atom stereocenters. The molecule has 5 heteroatoms. The van der Waals surface area contributed by atoms with Crippen LogP contribution >= 0.6 is 0 Å². The highest BCUT2D eigenvalue weighted by Gasteiger charge is 2.32. The number of rotatable bonds is 4. The van der Waals surface area contributed by atoms with Crippen LogP contribution < -0.4 is 5.32 Å². The third kappa shape index (κ3) is 3.89. The van der Waals surface area contributed by atoms with Gasteiger partial charge in [0.25, 0.3) is 0 Å². The SMILES string of the molecule is CCC(=O)N1CCC(NC(=O)N2CCCC2Cc2ccccc2)C1. The van der Waals surface area contributed by atoms with E-state index in [0.29, 0.717) is 13.0 Å². The third-order valence-corrected chi connectivity index (χ3v) is 5.12. The second-order valence-corrected chi connectivity index (χ2v) is 6.81. The summed E-state index contributed by atoms with van der Waals surface area (Å²) < 4.78 is 0. The molecule has 3 rings (SSSR count). The first-order valence-corrected chi connectivity index (χ1v) is 9.06. The van der Waals surface area contributed by atoms with Crippen LogP contribution in [0.15, 0.2) is 30.3 Å². The molecule has 3 amide bonds. The summed E-state index contributed by atoms with van der Waals surface area (Å²) >= 11 is 0. The number of urea groups is 1. The van der Waals surface area contributed by atoms with Gasteiger partial charge in [0, 0.05) is 38.1 Å². The van der Waals surface area contributed by atoms with E-state index in [-0.39, 0.29) is 24.0 Å². The number of hydrogen-bond acceptors (Lipinski definition) is 2. The summed E-state index contributed by atoms with van der Waals surface area (Å²) in [7, 11) is 0. The van der Waals surface area contributed by atoms with Crippen molar-refractivity contribution in [1.82, 2.24) is 15.1 Å². The fraction of sp³-hybridized carbons (Fsp3) is 0.579. The Balaban J connectivity index is 1.53. The lowest BCUT2D eigenvalue weighted by atomic mass is 10.0. The van der Waals surface area contributed by atoms with Gasteiger partial charge in [-0.1, -0.05) is 37.3 Å². The number of likely N-dealkylation sites (tertiary alicyclic amines) is 2. The zero-order valence-corrected chi connectivity index (χ0v) is 14.4. The van der Waals surface area contributed by atoms with Gasteiger partial charge in [-0.25, -0.2) is 4.79 Å². The smallest absolute Gasteiger partial charge is 0.317 e. The van der Waals surface area contributed by atoms with Gasteiger partial charge in [0.15, 0.2) is 0 Å². The predicted molar refractivity (Wildman–Crippen MR) is 93.7 cm³/mol. The Bertz CT molecular complexity index is 575. The van der Waals surface area contributed by atoms with Crippen molar-refractivity contribution >= 4 is 11.9 Å². The van der Waals surface area contributed by atoms with Gasteiger partial charge in [-0.05, 0) is 31.2 Å². The summed E-state index contributed by atoms with van der Waals surface area (Å²) in [6.45, 7) is 4.11. The van der Waals surface area contributed by atoms with Gasteiger partial charge in [0.2, 0.25) is 5.91 Å². The van der Waals surface area contributed by atoms with Crippen molar-refractivity contribution in [2.45, 2.75) is 51.1 Å². The zero-order valence-electron chi connectivity index (χ0n) is 14.4. The highest BCUT2D eigenvalue weighted by atomic mass is 16.2. The van der Waals surface area contributed by atoms with Gasteiger partial charge in [-0.2, -0.15) is 0 Å². The summed E-state index contributed by atoms with van der Waals surface area (Å²) in [6, 6.07) is 10.8. The summed E-state index contributed by atoms with van der Waals surface area (Å²) in [5, 5.41) is 3.14.